The second-order valence-electron chi connectivity index (χ2n) is 4.48. The van der Waals surface area contributed by atoms with E-state index in [0.29, 0.717) is 0 Å². The number of aliphatic hydroxyl groups is 1. The van der Waals surface area contributed by atoms with Crippen molar-refractivity contribution in [1.82, 2.24) is 0 Å². The fourth-order valence-corrected chi connectivity index (χ4v) is 2.69. The maximum absolute atomic E-state index is 11.2. The van der Waals surface area contributed by atoms with Crippen LogP contribution in [-0.4, -0.2) is 40.1 Å². The molecule has 2 rings (SSSR count). The molecule has 21 heavy (non-hydrogen) atoms. The minimum Gasteiger partial charge on any atom is -0.388 e. The number of pyridine rings is 1. The van der Waals surface area contributed by atoms with Crippen molar-refractivity contribution in [3.05, 3.63) is 30.1 Å². The van der Waals surface area contributed by atoms with Gasteiger partial charge in [0.25, 0.3) is 12.1 Å². The summed E-state index contributed by atoms with van der Waals surface area (Å²) in [4.78, 5) is 19.8. The molecule has 0 radical (unpaired) electrons. The second kappa shape index (κ2) is 6.83. The van der Waals surface area contributed by atoms with Gasteiger partial charge < -0.3 is 25.0 Å². The highest BCUT2D eigenvalue weighted by Crippen LogP contribution is 2.31. The summed E-state index contributed by atoms with van der Waals surface area (Å²) in [7, 11) is -3.11. The van der Waals surface area contributed by atoms with Crippen LogP contribution in [0, 0.1) is 0 Å². The molecule has 116 valence electrons. The van der Waals surface area contributed by atoms with E-state index in [1.165, 1.54) is 16.8 Å². The van der Waals surface area contributed by atoms with Crippen molar-refractivity contribution in [2.24, 2.45) is 5.73 Å². The van der Waals surface area contributed by atoms with Gasteiger partial charge in [-0.2, -0.15) is 4.57 Å². The number of alkyl halides is 1. The molecule has 8 nitrogen and oxygen atoms in total. The first kappa shape index (κ1) is 16.4. The average molecular weight is 338 g/mol. The Hall–Kier alpha value is -1.02. The van der Waals surface area contributed by atoms with E-state index in [0.717, 1.165) is 0 Å². The van der Waals surface area contributed by atoms with Crippen LogP contribution in [0.3, 0.4) is 0 Å². The van der Waals surface area contributed by atoms with Crippen LogP contribution in [-0.2, 0) is 13.8 Å². The third-order valence-corrected chi connectivity index (χ3v) is 3.95. The second-order valence-corrected chi connectivity index (χ2v) is 5.81. The van der Waals surface area contributed by atoms with E-state index < -0.39 is 38.0 Å². The van der Waals surface area contributed by atoms with Crippen LogP contribution in [0.1, 0.15) is 16.6 Å². The van der Waals surface area contributed by atoms with Crippen molar-refractivity contribution >= 4 is 25.8 Å². The number of ether oxygens (including phenoxy) is 1. The Balaban J connectivity index is 2.15. The molecule has 1 aliphatic rings. The summed E-state index contributed by atoms with van der Waals surface area (Å²) in [5.74, 6) is -0.604. The van der Waals surface area contributed by atoms with E-state index in [-0.39, 0.29) is 12.2 Å². The standard InChI is InChI=1S/C11H14ClN2O6P/c12-8-9(15)7(5-19-21(17)18)20-11(8)14-3-1-2-6(4-14)10(13)16/h1-4,7-9,11,15,21H,5H2,(H2-,13,16,17,18)/p+1/t7-,8+,9-,11-/m1/s1. The lowest BCUT2D eigenvalue weighted by atomic mass is 10.2. The monoisotopic (exact) mass is 337 g/mol. The van der Waals surface area contributed by atoms with Crippen molar-refractivity contribution in [3.63, 3.8) is 0 Å². The van der Waals surface area contributed by atoms with E-state index in [2.05, 4.69) is 4.52 Å². The Morgan fingerprint density at radius 1 is 1.62 bits per heavy atom. The third-order valence-electron chi connectivity index (χ3n) is 3.07. The number of hydrogen-bond donors (Lipinski definition) is 3. The summed E-state index contributed by atoms with van der Waals surface area (Å²) < 4.78 is 22.1. The minimum atomic E-state index is -3.11. The summed E-state index contributed by atoms with van der Waals surface area (Å²) in [5.41, 5.74) is 5.46. The first-order valence-corrected chi connectivity index (χ1v) is 7.74. The largest absolute Gasteiger partial charge is 0.388 e. The van der Waals surface area contributed by atoms with Gasteiger partial charge in [-0.3, -0.25) is 9.36 Å². The SMILES string of the molecule is NC(=O)c1ccc[n+]([C@@H]2O[C@H](CO[PH](=O)O)[C@@H](O)[C@@H]2Cl)c1. The molecule has 0 aromatic carbocycles. The number of nitrogens with zero attached hydrogens (tertiary/aromatic N) is 1. The highest BCUT2D eigenvalue weighted by atomic mass is 35.5. The minimum absolute atomic E-state index is 0.259. The number of aromatic nitrogens is 1. The zero-order valence-corrected chi connectivity index (χ0v) is 12.5. The Morgan fingerprint density at radius 2 is 2.33 bits per heavy atom. The molecule has 1 aliphatic heterocycles. The van der Waals surface area contributed by atoms with Gasteiger partial charge in [0.05, 0.1) is 6.61 Å². The number of carbonyl (C=O) groups is 1. The van der Waals surface area contributed by atoms with Crippen LogP contribution >= 0.6 is 19.9 Å². The molecule has 0 spiro atoms. The molecular formula is C11H15ClN2O6P+. The zero-order valence-electron chi connectivity index (χ0n) is 10.8. The van der Waals surface area contributed by atoms with Crippen molar-refractivity contribution in [3.8, 4) is 0 Å². The molecular weight excluding hydrogens is 323 g/mol. The van der Waals surface area contributed by atoms with Gasteiger partial charge in [0.2, 0.25) is 0 Å². The summed E-state index contributed by atoms with van der Waals surface area (Å²) in [6, 6.07) is 3.13. The van der Waals surface area contributed by atoms with Crippen molar-refractivity contribution < 1.29 is 33.2 Å². The predicted octanol–water partition coefficient (Wildman–Crippen LogP) is -0.663. The number of amides is 1. The van der Waals surface area contributed by atoms with Crippen molar-refractivity contribution in [2.75, 3.05) is 6.61 Å². The molecule has 1 saturated heterocycles. The van der Waals surface area contributed by atoms with Crippen LogP contribution in [0.5, 0.6) is 0 Å². The number of primary amides is 1. The molecule has 1 aromatic heterocycles. The molecule has 0 saturated carbocycles. The van der Waals surface area contributed by atoms with Gasteiger partial charge in [-0.25, -0.2) is 0 Å². The van der Waals surface area contributed by atoms with Crippen LogP contribution in [0.4, 0.5) is 0 Å². The highest BCUT2D eigenvalue weighted by Gasteiger charge is 2.48. The molecule has 1 aromatic rings. The van der Waals surface area contributed by atoms with Crippen LogP contribution in [0.15, 0.2) is 24.5 Å². The van der Waals surface area contributed by atoms with Crippen LogP contribution in [0.25, 0.3) is 0 Å². The Kier molecular flexibility index (Phi) is 5.32. The van der Waals surface area contributed by atoms with Gasteiger partial charge in [-0.1, -0.05) is 0 Å². The van der Waals surface area contributed by atoms with Crippen molar-refractivity contribution in [1.29, 1.82) is 0 Å². The van der Waals surface area contributed by atoms with E-state index in [9.17, 15) is 14.5 Å². The fourth-order valence-electron chi connectivity index (χ4n) is 2.03. The van der Waals surface area contributed by atoms with E-state index in [1.807, 2.05) is 0 Å². The molecule has 4 N–H and O–H groups in total. The third kappa shape index (κ3) is 3.79. The van der Waals surface area contributed by atoms with Gasteiger partial charge in [0, 0.05) is 6.07 Å². The fraction of sp³-hybridized carbons (Fsp3) is 0.455. The number of hydrogen-bond acceptors (Lipinski definition) is 5. The van der Waals surface area contributed by atoms with Crippen LogP contribution < -0.4 is 10.3 Å². The molecule has 10 heteroatoms. The Labute approximate surface area is 126 Å². The molecule has 0 aliphatic carbocycles. The zero-order chi connectivity index (χ0) is 15.6. The molecule has 1 unspecified atom stereocenters. The normalized spacial score (nSPS) is 30.2. The lowest BCUT2D eigenvalue weighted by Crippen LogP contribution is -2.44. The molecule has 2 heterocycles. The molecule has 1 fully saturated rings. The van der Waals surface area contributed by atoms with Gasteiger partial charge in [-0.05, 0) is 6.07 Å². The van der Waals surface area contributed by atoms with Crippen LogP contribution in [0.2, 0.25) is 0 Å². The molecule has 1 amide bonds. The lowest BCUT2D eigenvalue weighted by Gasteiger charge is -2.11. The van der Waals surface area contributed by atoms with E-state index in [4.69, 9.17) is 27.0 Å². The maximum Gasteiger partial charge on any atom is 0.316 e. The Morgan fingerprint density at radius 3 is 2.95 bits per heavy atom. The van der Waals surface area contributed by atoms with E-state index >= 15 is 0 Å². The van der Waals surface area contributed by atoms with Gasteiger partial charge >= 0.3 is 8.25 Å². The molecule has 5 atom stereocenters. The first-order valence-electron chi connectivity index (χ1n) is 6.04. The number of aliphatic hydroxyl groups excluding tert-OH is 1. The number of rotatable bonds is 5. The van der Waals surface area contributed by atoms with Crippen molar-refractivity contribution in [2.45, 2.75) is 23.8 Å². The number of carbonyl (C=O) groups excluding carboxylic acids is 1. The number of nitrogens with two attached hydrogens (primary N) is 1. The predicted molar refractivity (Wildman–Crippen MR) is 71.9 cm³/mol. The topological polar surface area (TPSA) is 123 Å². The molecule has 0 bridgehead atoms. The summed E-state index contributed by atoms with van der Waals surface area (Å²) in [6.45, 7) is -0.259. The quantitative estimate of drug-likeness (QED) is 0.372. The first-order chi connectivity index (χ1) is 9.90. The van der Waals surface area contributed by atoms with Gasteiger partial charge in [-0.15, -0.1) is 11.6 Å². The smallest absolute Gasteiger partial charge is 0.316 e. The highest BCUT2D eigenvalue weighted by molar-refractivity contribution is 7.32. The van der Waals surface area contributed by atoms with Gasteiger partial charge in [0.1, 0.15) is 17.8 Å². The van der Waals surface area contributed by atoms with Gasteiger partial charge in [0.15, 0.2) is 17.8 Å². The summed E-state index contributed by atoms with van der Waals surface area (Å²) >= 11 is 6.11. The summed E-state index contributed by atoms with van der Waals surface area (Å²) in [6.07, 6.45) is 0.381. The lowest BCUT2D eigenvalue weighted by molar-refractivity contribution is -0.758. The van der Waals surface area contributed by atoms with E-state index in [1.54, 1.807) is 12.3 Å². The number of halogens is 1. The average Bonchev–Trinajstić information content (AvgIpc) is 2.73. The Bertz CT molecular complexity index is 559. The summed E-state index contributed by atoms with van der Waals surface area (Å²) in [5, 5.41) is 9.15. The maximum atomic E-state index is 11.2.